The smallest absolute Gasteiger partial charge is 0.244 e. The Morgan fingerprint density at radius 2 is 2.05 bits per heavy atom. The second kappa shape index (κ2) is 8.17. The Morgan fingerprint density at radius 1 is 1.23 bits per heavy atom. The first kappa shape index (κ1) is 16.0. The van der Waals surface area contributed by atoms with Crippen molar-refractivity contribution in [1.29, 1.82) is 0 Å². The minimum Gasteiger partial charge on any atom is -0.489 e. The van der Waals surface area contributed by atoms with Crippen molar-refractivity contribution in [3.05, 3.63) is 30.5 Å². The molecule has 1 aromatic heterocycles. The fraction of sp³-hybridized carbons (Fsp3) is 0.438. The summed E-state index contributed by atoms with van der Waals surface area (Å²) in [6, 6.07) is 7.77. The quantitative estimate of drug-likeness (QED) is 0.726. The van der Waals surface area contributed by atoms with Crippen LogP contribution in [0.15, 0.2) is 30.5 Å². The summed E-state index contributed by atoms with van der Waals surface area (Å²) in [5.74, 6) is 1.95. The summed E-state index contributed by atoms with van der Waals surface area (Å²) in [7, 11) is 0. The van der Waals surface area contributed by atoms with E-state index >= 15 is 0 Å². The number of benzene rings is 1. The molecular formula is C16H23N5O. The van der Waals surface area contributed by atoms with Crippen LogP contribution in [0.25, 0.3) is 0 Å². The molecule has 0 aliphatic heterocycles. The molecule has 6 heteroatoms. The van der Waals surface area contributed by atoms with Gasteiger partial charge in [-0.05, 0) is 32.4 Å². The first-order chi connectivity index (χ1) is 10.7. The highest BCUT2D eigenvalue weighted by Gasteiger charge is 2.07. The maximum Gasteiger partial charge on any atom is 0.244 e. The zero-order valence-corrected chi connectivity index (χ0v) is 13.3. The van der Waals surface area contributed by atoms with Crippen LogP contribution < -0.4 is 15.4 Å². The van der Waals surface area contributed by atoms with Crippen molar-refractivity contribution < 1.29 is 4.74 Å². The molecule has 0 bridgehead atoms. The molecule has 2 rings (SSSR count). The molecule has 1 heterocycles. The van der Waals surface area contributed by atoms with Crippen molar-refractivity contribution in [3.63, 3.8) is 0 Å². The number of hydrogen-bond donors (Lipinski definition) is 2. The zero-order valence-electron chi connectivity index (χ0n) is 13.3. The van der Waals surface area contributed by atoms with Gasteiger partial charge in [-0.1, -0.05) is 25.5 Å². The van der Waals surface area contributed by atoms with Gasteiger partial charge in [0.25, 0.3) is 0 Å². The monoisotopic (exact) mass is 301 g/mol. The van der Waals surface area contributed by atoms with Crippen LogP contribution in [0.1, 0.15) is 33.6 Å². The van der Waals surface area contributed by atoms with Crippen LogP contribution in [-0.2, 0) is 0 Å². The summed E-state index contributed by atoms with van der Waals surface area (Å²) in [6.07, 6.45) is 3.90. The van der Waals surface area contributed by atoms with E-state index in [2.05, 4.69) is 32.7 Å². The third-order valence-electron chi connectivity index (χ3n) is 2.88. The lowest BCUT2D eigenvalue weighted by Gasteiger charge is -2.15. The fourth-order valence-electron chi connectivity index (χ4n) is 1.88. The van der Waals surface area contributed by atoms with Gasteiger partial charge in [-0.15, -0.1) is 5.10 Å². The van der Waals surface area contributed by atoms with Gasteiger partial charge in [0.05, 0.1) is 18.0 Å². The number of hydrogen-bond acceptors (Lipinski definition) is 6. The predicted molar refractivity (Wildman–Crippen MR) is 88.7 cm³/mol. The van der Waals surface area contributed by atoms with Crippen molar-refractivity contribution in [3.8, 4) is 5.75 Å². The molecule has 1 aromatic carbocycles. The van der Waals surface area contributed by atoms with Crippen molar-refractivity contribution >= 4 is 17.5 Å². The predicted octanol–water partition coefficient (Wildman–Crippen LogP) is 3.61. The average Bonchev–Trinajstić information content (AvgIpc) is 2.49. The van der Waals surface area contributed by atoms with Gasteiger partial charge in [-0.3, -0.25) is 0 Å². The van der Waals surface area contributed by atoms with Crippen LogP contribution in [0.3, 0.4) is 0 Å². The number of anilines is 3. The highest BCUT2D eigenvalue weighted by molar-refractivity contribution is 5.64. The zero-order chi connectivity index (χ0) is 15.8. The largest absolute Gasteiger partial charge is 0.489 e. The minimum absolute atomic E-state index is 0.109. The van der Waals surface area contributed by atoms with E-state index in [1.807, 2.05) is 38.1 Å². The molecule has 0 aliphatic carbocycles. The second-order valence-corrected chi connectivity index (χ2v) is 5.23. The van der Waals surface area contributed by atoms with Crippen LogP contribution in [0.2, 0.25) is 0 Å². The van der Waals surface area contributed by atoms with E-state index in [0.29, 0.717) is 11.8 Å². The number of para-hydroxylation sites is 2. The highest BCUT2D eigenvalue weighted by atomic mass is 16.5. The molecule has 118 valence electrons. The lowest BCUT2D eigenvalue weighted by Crippen LogP contribution is -2.09. The molecule has 0 radical (unpaired) electrons. The van der Waals surface area contributed by atoms with E-state index in [4.69, 9.17) is 4.74 Å². The third-order valence-corrected chi connectivity index (χ3v) is 2.88. The number of nitrogens with one attached hydrogen (secondary N) is 2. The van der Waals surface area contributed by atoms with Crippen molar-refractivity contribution in [2.24, 2.45) is 0 Å². The van der Waals surface area contributed by atoms with Crippen LogP contribution >= 0.6 is 0 Å². The highest BCUT2D eigenvalue weighted by Crippen LogP contribution is 2.27. The lowest BCUT2D eigenvalue weighted by atomic mass is 10.3. The standard InChI is InChI=1S/C16H23N5O/c1-4-5-10-17-16-20-15(11-18-21-16)19-13-8-6-7-9-14(13)22-12(2)3/h6-9,11-12H,4-5,10H2,1-3H3,(H2,17,19,20,21). The lowest BCUT2D eigenvalue weighted by molar-refractivity contribution is 0.244. The Hall–Kier alpha value is -2.37. The van der Waals surface area contributed by atoms with Gasteiger partial charge in [0.1, 0.15) is 5.75 Å². The Balaban J connectivity index is 2.09. The maximum atomic E-state index is 5.79. The summed E-state index contributed by atoms with van der Waals surface area (Å²) in [5.41, 5.74) is 0.858. The normalized spacial score (nSPS) is 10.5. The van der Waals surface area contributed by atoms with Crippen LogP contribution in [-0.4, -0.2) is 27.8 Å². The van der Waals surface area contributed by atoms with Crippen molar-refractivity contribution in [1.82, 2.24) is 15.2 Å². The summed E-state index contributed by atoms with van der Waals surface area (Å²) in [5, 5.41) is 14.3. The molecule has 0 saturated heterocycles. The summed E-state index contributed by atoms with van der Waals surface area (Å²) in [4.78, 5) is 4.41. The molecule has 6 nitrogen and oxygen atoms in total. The SMILES string of the molecule is CCCCNc1nncc(Nc2ccccc2OC(C)C)n1. The van der Waals surface area contributed by atoms with Gasteiger partial charge < -0.3 is 15.4 Å². The first-order valence-electron chi connectivity index (χ1n) is 7.65. The number of unbranched alkanes of at least 4 members (excludes halogenated alkanes) is 1. The molecule has 0 unspecified atom stereocenters. The number of rotatable bonds is 8. The van der Waals surface area contributed by atoms with Crippen LogP contribution in [0.5, 0.6) is 5.75 Å². The van der Waals surface area contributed by atoms with Gasteiger partial charge in [-0.2, -0.15) is 10.1 Å². The summed E-state index contributed by atoms with van der Waals surface area (Å²) in [6.45, 7) is 6.98. The van der Waals surface area contributed by atoms with Crippen molar-refractivity contribution in [2.75, 3.05) is 17.2 Å². The third kappa shape index (κ3) is 4.87. The number of aromatic nitrogens is 3. The topological polar surface area (TPSA) is 72.0 Å². The Labute approximate surface area is 131 Å². The number of ether oxygens (including phenoxy) is 1. The van der Waals surface area contributed by atoms with Crippen LogP contribution in [0, 0.1) is 0 Å². The molecule has 0 saturated carbocycles. The first-order valence-corrected chi connectivity index (χ1v) is 7.65. The average molecular weight is 301 g/mol. The Bertz CT molecular complexity index is 588. The molecule has 0 fully saturated rings. The van der Waals surface area contributed by atoms with Crippen LogP contribution in [0.4, 0.5) is 17.5 Å². The van der Waals surface area contributed by atoms with Gasteiger partial charge in [0.15, 0.2) is 5.82 Å². The summed E-state index contributed by atoms with van der Waals surface area (Å²) >= 11 is 0. The van der Waals surface area contributed by atoms with E-state index in [9.17, 15) is 0 Å². The molecule has 2 aromatic rings. The number of nitrogens with zero attached hydrogens (tertiary/aromatic N) is 3. The molecule has 0 amide bonds. The molecular weight excluding hydrogens is 278 g/mol. The van der Waals surface area contributed by atoms with E-state index in [0.717, 1.165) is 30.8 Å². The van der Waals surface area contributed by atoms with E-state index in [1.54, 1.807) is 6.20 Å². The Kier molecular flexibility index (Phi) is 5.94. The molecule has 2 N–H and O–H groups in total. The second-order valence-electron chi connectivity index (χ2n) is 5.23. The summed E-state index contributed by atoms with van der Waals surface area (Å²) < 4.78 is 5.79. The van der Waals surface area contributed by atoms with Gasteiger partial charge >= 0.3 is 0 Å². The minimum atomic E-state index is 0.109. The van der Waals surface area contributed by atoms with E-state index in [1.165, 1.54) is 0 Å². The van der Waals surface area contributed by atoms with E-state index < -0.39 is 0 Å². The van der Waals surface area contributed by atoms with Crippen molar-refractivity contribution in [2.45, 2.75) is 39.7 Å². The molecule has 0 aliphatic rings. The van der Waals surface area contributed by atoms with E-state index in [-0.39, 0.29) is 6.10 Å². The molecule has 0 atom stereocenters. The van der Waals surface area contributed by atoms with Gasteiger partial charge in [-0.25, -0.2) is 0 Å². The fourth-order valence-corrected chi connectivity index (χ4v) is 1.88. The molecule has 0 spiro atoms. The molecule has 22 heavy (non-hydrogen) atoms. The Morgan fingerprint density at radius 3 is 2.82 bits per heavy atom. The van der Waals surface area contributed by atoms with Gasteiger partial charge in [0.2, 0.25) is 5.95 Å². The maximum absolute atomic E-state index is 5.79. The van der Waals surface area contributed by atoms with Gasteiger partial charge in [0, 0.05) is 6.54 Å².